The molecule has 4 heteroatoms. The van der Waals surface area contributed by atoms with Gasteiger partial charge in [0.2, 0.25) is 0 Å². The maximum atomic E-state index is 5.94. The number of benzene rings is 2. The van der Waals surface area contributed by atoms with Crippen LogP contribution in [0.3, 0.4) is 0 Å². The minimum atomic E-state index is 0.221. The minimum absolute atomic E-state index is 0.221. The molecule has 1 fully saturated rings. The molecule has 2 aliphatic heterocycles. The third kappa shape index (κ3) is 5.31. The van der Waals surface area contributed by atoms with Gasteiger partial charge in [0.25, 0.3) is 0 Å². The standard InChI is InChI=1S/C27H36N2O2/c1-21(23-7-10-26-25(20-23)27(2,3)11-12-28(26)4)19-22-5-8-24(9-6-22)31-18-15-29-13-16-30-17-14-29/h5-10,19-20H,11-18H2,1-4H3. The van der Waals surface area contributed by atoms with E-state index >= 15 is 0 Å². The Balaban J connectivity index is 1.40. The zero-order valence-corrected chi connectivity index (χ0v) is 19.5. The second-order valence-electron chi connectivity index (χ2n) is 9.49. The van der Waals surface area contributed by atoms with Crippen LogP contribution in [0.2, 0.25) is 0 Å². The molecule has 2 aromatic rings. The second-order valence-corrected chi connectivity index (χ2v) is 9.49. The summed E-state index contributed by atoms with van der Waals surface area (Å²) in [6, 6.07) is 15.4. The van der Waals surface area contributed by atoms with Gasteiger partial charge in [0, 0.05) is 38.9 Å². The van der Waals surface area contributed by atoms with Gasteiger partial charge in [-0.25, -0.2) is 0 Å². The van der Waals surface area contributed by atoms with Crippen molar-refractivity contribution in [3.63, 3.8) is 0 Å². The van der Waals surface area contributed by atoms with Gasteiger partial charge in [-0.3, -0.25) is 4.90 Å². The first-order chi connectivity index (χ1) is 14.9. The van der Waals surface area contributed by atoms with Crippen molar-refractivity contribution < 1.29 is 9.47 Å². The van der Waals surface area contributed by atoms with E-state index in [-0.39, 0.29) is 5.41 Å². The van der Waals surface area contributed by atoms with Crippen molar-refractivity contribution in [2.45, 2.75) is 32.6 Å². The number of ether oxygens (including phenoxy) is 2. The van der Waals surface area contributed by atoms with E-state index in [0.717, 1.165) is 45.1 Å². The molecule has 4 rings (SSSR count). The maximum absolute atomic E-state index is 5.94. The first-order valence-corrected chi connectivity index (χ1v) is 11.5. The van der Waals surface area contributed by atoms with Crippen molar-refractivity contribution in [3.8, 4) is 5.75 Å². The van der Waals surface area contributed by atoms with Gasteiger partial charge in [-0.2, -0.15) is 0 Å². The molecule has 0 saturated carbocycles. The van der Waals surface area contributed by atoms with Crippen molar-refractivity contribution >= 4 is 17.3 Å². The highest BCUT2D eigenvalue weighted by Gasteiger charge is 2.29. The highest BCUT2D eigenvalue weighted by Crippen LogP contribution is 2.40. The summed E-state index contributed by atoms with van der Waals surface area (Å²) < 4.78 is 11.3. The van der Waals surface area contributed by atoms with Crippen LogP contribution in [0, 0.1) is 0 Å². The van der Waals surface area contributed by atoms with E-state index in [4.69, 9.17) is 9.47 Å². The lowest BCUT2D eigenvalue weighted by molar-refractivity contribution is 0.0322. The molecule has 0 radical (unpaired) electrons. The maximum Gasteiger partial charge on any atom is 0.119 e. The second kappa shape index (κ2) is 9.46. The van der Waals surface area contributed by atoms with Crippen LogP contribution in [0.1, 0.15) is 43.9 Å². The van der Waals surface area contributed by atoms with Crippen molar-refractivity contribution in [2.24, 2.45) is 0 Å². The number of anilines is 1. The first kappa shape index (κ1) is 21.9. The molecular formula is C27H36N2O2. The first-order valence-electron chi connectivity index (χ1n) is 11.5. The fraction of sp³-hybridized carbons (Fsp3) is 0.481. The normalized spacial score (nSPS) is 19.2. The van der Waals surface area contributed by atoms with Crippen molar-refractivity contribution in [1.82, 2.24) is 4.90 Å². The fourth-order valence-electron chi connectivity index (χ4n) is 4.47. The molecule has 2 aromatic carbocycles. The molecule has 0 aliphatic carbocycles. The Morgan fingerprint density at radius 2 is 1.81 bits per heavy atom. The molecule has 166 valence electrons. The van der Waals surface area contributed by atoms with Gasteiger partial charge >= 0.3 is 0 Å². The van der Waals surface area contributed by atoms with Crippen molar-refractivity contribution in [1.29, 1.82) is 0 Å². The lowest BCUT2D eigenvalue weighted by atomic mass is 9.77. The van der Waals surface area contributed by atoms with Gasteiger partial charge < -0.3 is 14.4 Å². The van der Waals surface area contributed by atoms with Gasteiger partial charge in [0.05, 0.1) is 13.2 Å². The molecule has 0 spiro atoms. The third-order valence-electron chi connectivity index (χ3n) is 6.71. The van der Waals surface area contributed by atoms with E-state index in [1.165, 1.54) is 34.4 Å². The summed E-state index contributed by atoms with van der Waals surface area (Å²) >= 11 is 0. The molecule has 0 atom stereocenters. The highest BCUT2D eigenvalue weighted by molar-refractivity contribution is 5.81. The summed E-state index contributed by atoms with van der Waals surface area (Å²) in [7, 11) is 2.20. The monoisotopic (exact) mass is 420 g/mol. The van der Waals surface area contributed by atoms with Crippen LogP contribution in [0.15, 0.2) is 42.5 Å². The van der Waals surface area contributed by atoms with Crippen molar-refractivity contribution in [3.05, 3.63) is 59.2 Å². The van der Waals surface area contributed by atoms with Crippen LogP contribution in [0.5, 0.6) is 5.75 Å². The third-order valence-corrected chi connectivity index (χ3v) is 6.71. The predicted octanol–water partition coefficient (Wildman–Crippen LogP) is 5.08. The Hall–Kier alpha value is -2.30. The molecule has 1 saturated heterocycles. The number of hydrogen-bond donors (Lipinski definition) is 0. The molecule has 0 unspecified atom stereocenters. The van der Waals surface area contributed by atoms with E-state index in [1.54, 1.807) is 0 Å². The quantitative estimate of drug-likeness (QED) is 0.609. The Morgan fingerprint density at radius 1 is 1.06 bits per heavy atom. The number of allylic oxidation sites excluding steroid dienone is 1. The van der Waals surface area contributed by atoms with Crippen molar-refractivity contribution in [2.75, 3.05) is 57.9 Å². The Bertz CT molecular complexity index is 911. The minimum Gasteiger partial charge on any atom is -0.492 e. The molecule has 2 aliphatic rings. The summed E-state index contributed by atoms with van der Waals surface area (Å²) in [6.45, 7) is 13.4. The fourth-order valence-corrected chi connectivity index (χ4v) is 4.47. The SMILES string of the molecule is CC(=Cc1ccc(OCCN2CCOCC2)cc1)c1ccc2c(c1)C(C)(C)CCN2C. The Morgan fingerprint density at radius 3 is 2.55 bits per heavy atom. The summed E-state index contributed by atoms with van der Waals surface area (Å²) in [5.41, 5.74) is 6.83. The van der Waals surface area contributed by atoms with Gasteiger partial charge in [0.1, 0.15) is 12.4 Å². The van der Waals surface area contributed by atoms with Crippen LogP contribution in [-0.4, -0.2) is 57.9 Å². The number of fused-ring (bicyclic) bond motifs is 1. The number of morpholine rings is 1. The van der Waals surface area contributed by atoms with E-state index in [1.807, 2.05) is 0 Å². The zero-order chi connectivity index (χ0) is 21.8. The topological polar surface area (TPSA) is 24.9 Å². The summed E-state index contributed by atoms with van der Waals surface area (Å²) in [5.74, 6) is 0.932. The van der Waals surface area contributed by atoms with Gasteiger partial charge in [-0.15, -0.1) is 0 Å². The van der Waals surface area contributed by atoms with Crippen LogP contribution in [0.4, 0.5) is 5.69 Å². The Kier molecular flexibility index (Phi) is 6.68. The average Bonchev–Trinajstić information content (AvgIpc) is 2.78. The van der Waals surface area contributed by atoms with Gasteiger partial charge in [0.15, 0.2) is 0 Å². The van der Waals surface area contributed by atoms with Gasteiger partial charge in [-0.1, -0.05) is 38.1 Å². The molecular weight excluding hydrogens is 384 g/mol. The number of rotatable bonds is 6. The number of nitrogens with zero attached hydrogens (tertiary/aromatic N) is 2. The smallest absolute Gasteiger partial charge is 0.119 e. The molecule has 0 bridgehead atoms. The predicted molar refractivity (Wildman–Crippen MR) is 130 cm³/mol. The average molecular weight is 421 g/mol. The Labute approximate surface area is 187 Å². The molecule has 31 heavy (non-hydrogen) atoms. The van der Waals surface area contributed by atoms with Crippen LogP contribution < -0.4 is 9.64 Å². The summed E-state index contributed by atoms with van der Waals surface area (Å²) in [4.78, 5) is 4.77. The summed E-state index contributed by atoms with van der Waals surface area (Å²) in [6.07, 6.45) is 3.45. The molecule has 4 nitrogen and oxygen atoms in total. The largest absolute Gasteiger partial charge is 0.492 e. The van der Waals surface area contributed by atoms with E-state index in [9.17, 15) is 0 Å². The zero-order valence-electron chi connectivity index (χ0n) is 19.5. The van der Waals surface area contributed by atoms with Crippen LogP contribution >= 0.6 is 0 Å². The summed E-state index contributed by atoms with van der Waals surface area (Å²) in [5, 5.41) is 0. The molecule has 0 aromatic heterocycles. The van der Waals surface area contributed by atoms with E-state index < -0.39 is 0 Å². The molecule has 0 amide bonds. The highest BCUT2D eigenvalue weighted by atomic mass is 16.5. The van der Waals surface area contributed by atoms with Crippen LogP contribution in [-0.2, 0) is 10.2 Å². The van der Waals surface area contributed by atoms with Crippen LogP contribution in [0.25, 0.3) is 11.6 Å². The van der Waals surface area contributed by atoms with E-state index in [2.05, 4.69) is 86.2 Å². The molecule has 2 heterocycles. The van der Waals surface area contributed by atoms with E-state index in [0.29, 0.717) is 6.61 Å². The molecule has 0 N–H and O–H groups in total. The lowest BCUT2D eigenvalue weighted by Crippen LogP contribution is -2.38. The lowest BCUT2D eigenvalue weighted by Gasteiger charge is -2.38. The van der Waals surface area contributed by atoms with Gasteiger partial charge in [-0.05, 0) is 65.3 Å². The number of hydrogen-bond acceptors (Lipinski definition) is 4.